The summed E-state index contributed by atoms with van der Waals surface area (Å²) in [5.74, 6) is 1.40. The zero-order valence-electron chi connectivity index (χ0n) is 35.1. The summed E-state index contributed by atoms with van der Waals surface area (Å²) in [7, 11) is 0. The fourth-order valence-corrected chi connectivity index (χ4v) is 7.62. The average molecular weight is 879 g/mol. The van der Waals surface area contributed by atoms with Crippen molar-refractivity contribution in [1.29, 1.82) is 0 Å². The number of aromatic nitrogens is 1. The molecular weight excluding hydrogens is 829 g/mol. The predicted octanol–water partition coefficient (Wildman–Crippen LogP) is 10.1. The second-order valence-corrected chi connectivity index (χ2v) is 15.1. The minimum absolute atomic E-state index is 0.0378. The van der Waals surface area contributed by atoms with E-state index < -0.39 is 17.6 Å². The fraction of sp³-hybridized carbons (Fsp3) is 0.356. The van der Waals surface area contributed by atoms with Crippen LogP contribution in [0.5, 0.6) is 5.75 Å². The Balaban J connectivity index is 0.000000317. The molecule has 0 radical (unpaired) electrons. The van der Waals surface area contributed by atoms with E-state index in [-0.39, 0.29) is 46.3 Å². The number of allylic oxidation sites excluding steroid dienone is 5. The van der Waals surface area contributed by atoms with Crippen molar-refractivity contribution in [3.8, 4) is 18.1 Å². The Hall–Kier alpha value is -5.69. The monoisotopic (exact) mass is 878 g/mol. The van der Waals surface area contributed by atoms with Gasteiger partial charge in [-0.2, -0.15) is 27.7 Å². The lowest BCUT2D eigenvalue weighted by Crippen LogP contribution is -2.45. The molecule has 0 bridgehead atoms. The van der Waals surface area contributed by atoms with Crippen LogP contribution in [0.15, 0.2) is 83.4 Å². The minimum atomic E-state index is -4.56. The maximum absolute atomic E-state index is 13.3. The lowest BCUT2D eigenvalue weighted by Gasteiger charge is -2.38. The molecule has 2 aliphatic rings. The molecule has 0 saturated heterocycles. The SMILES string of the molecule is C#C/C=C(\C=C/C)c1snc(C(=O)N(CCC)CCC)c1O.C=C1N(CC(=O)Nc2ccc(C(F)(F)F)cc2Cl)C(CC)=C(C)C(=O)N1/N=C(\CC)c1ccc2c(c1)COC2. The summed E-state index contributed by atoms with van der Waals surface area (Å²) >= 11 is 7.09. The first-order valence-electron chi connectivity index (χ1n) is 19.8. The average Bonchev–Trinajstić information content (AvgIpc) is 3.86. The molecule has 2 aliphatic heterocycles. The fourth-order valence-electron chi connectivity index (χ4n) is 6.63. The summed E-state index contributed by atoms with van der Waals surface area (Å²) in [5.41, 5.74) is 4.61. The molecule has 2 N–H and O–H groups in total. The summed E-state index contributed by atoms with van der Waals surface area (Å²) < 4.78 is 48.5. The highest BCUT2D eigenvalue weighted by molar-refractivity contribution is 7.07. The Kier molecular flexibility index (Phi) is 17.1. The number of hydrogen-bond acceptors (Lipinski definition) is 9. The molecule has 2 aromatic carbocycles. The van der Waals surface area contributed by atoms with Gasteiger partial charge in [-0.3, -0.25) is 14.4 Å². The number of terminal acetylenes is 1. The molecule has 0 aliphatic carbocycles. The highest BCUT2D eigenvalue weighted by Crippen LogP contribution is 2.36. The Morgan fingerprint density at radius 1 is 1.13 bits per heavy atom. The van der Waals surface area contributed by atoms with Crippen LogP contribution < -0.4 is 5.32 Å². The molecule has 61 heavy (non-hydrogen) atoms. The van der Waals surface area contributed by atoms with E-state index in [9.17, 15) is 32.7 Å². The molecule has 0 atom stereocenters. The number of aromatic hydroxyl groups is 1. The Labute approximate surface area is 364 Å². The van der Waals surface area contributed by atoms with E-state index in [1.165, 1.54) is 5.01 Å². The standard InChI is InChI=1S/C28H28ClF3N4O3.C17H22N2O2S/c1-5-23(18-7-8-19-14-39-15-20(19)11-18)34-36-17(4)35(25(6-2)16(3)27(36)38)13-26(37)33-24-10-9-21(12-22(24)29)28(30,31)32;1-5-9-13(10-6-2)16-15(20)14(18-22-16)17(21)19(11-7-3)12-8-4/h7-12H,4-6,13-15H2,1-3H3,(H,33,37);1,6,9-10,20H,7-8,11-12H2,2-4H3/b34-23+;10-6-,13-9+. The van der Waals surface area contributed by atoms with Gasteiger partial charge < -0.3 is 25.0 Å². The van der Waals surface area contributed by atoms with Crippen LogP contribution in [0.25, 0.3) is 5.57 Å². The van der Waals surface area contributed by atoms with Crippen LogP contribution in [0.2, 0.25) is 5.02 Å². The quantitative estimate of drug-likeness (QED) is 0.0938. The molecular formula is C45H50ClF3N6O5S. The first kappa shape index (κ1) is 48.0. The van der Waals surface area contributed by atoms with Crippen molar-refractivity contribution in [1.82, 2.24) is 19.2 Å². The molecule has 16 heteroatoms. The number of rotatable bonds is 14. The number of nitrogens with zero attached hydrogens (tertiary/aromatic N) is 5. The van der Waals surface area contributed by atoms with Gasteiger partial charge in [0.25, 0.3) is 11.8 Å². The predicted molar refractivity (Wildman–Crippen MR) is 234 cm³/mol. The zero-order valence-corrected chi connectivity index (χ0v) is 36.7. The summed E-state index contributed by atoms with van der Waals surface area (Å²) in [6.07, 6.45) is 8.62. The maximum atomic E-state index is 13.3. The number of anilines is 1. The van der Waals surface area contributed by atoms with Crippen molar-refractivity contribution in [2.75, 3.05) is 25.0 Å². The van der Waals surface area contributed by atoms with E-state index in [1.807, 2.05) is 58.9 Å². The third-order valence-electron chi connectivity index (χ3n) is 9.64. The number of carbonyl (C=O) groups excluding carboxylic acids is 3. The highest BCUT2D eigenvalue weighted by Gasteiger charge is 2.35. The van der Waals surface area contributed by atoms with E-state index in [0.29, 0.717) is 66.6 Å². The third kappa shape index (κ3) is 11.6. The summed E-state index contributed by atoms with van der Waals surface area (Å²) in [6.45, 7) is 17.5. The van der Waals surface area contributed by atoms with Crippen molar-refractivity contribution >= 4 is 57.8 Å². The van der Waals surface area contributed by atoms with Crippen LogP contribution in [0.1, 0.15) is 105 Å². The minimum Gasteiger partial charge on any atom is -0.504 e. The Bertz CT molecular complexity index is 2300. The largest absolute Gasteiger partial charge is 0.504 e. The number of halogens is 4. The van der Waals surface area contributed by atoms with Crippen molar-refractivity contribution in [3.05, 3.63) is 116 Å². The molecule has 3 amide bonds. The van der Waals surface area contributed by atoms with Gasteiger partial charge in [-0.05, 0) is 98.1 Å². The molecule has 0 fully saturated rings. The van der Waals surface area contributed by atoms with Crippen LogP contribution in [-0.4, -0.2) is 67.4 Å². The van der Waals surface area contributed by atoms with Gasteiger partial charge >= 0.3 is 6.18 Å². The second-order valence-electron chi connectivity index (χ2n) is 13.9. The number of nitrogens with one attached hydrogen (secondary N) is 1. The maximum Gasteiger partial charge on any atom is 0.416 e. The number of ether oxygens (including phenoxy) is 1. The molecule has 5 rings (SSSR count). The highest BCUT2D eigenvalue weighted by atomic mass is 35.5. The summed E-state index contributed by atoms with van der Waals surface area (Å²) in [4.78, 5) is 42.6. The summed E-state index contributed by atoms with van der Waals surface area (Å²) in [5, 5.41) is 18.5. The number of carbonyl (C=O) groups is 3. The van der Waals surface area contributed by atoms with Gasteiger partial charge in [0.2, 0.25) is 5.91 Å². The molecule has 1 aromatic heterocycles. The smallest absolute Gasteiger partial charge is 0.416 e. The molecule has 0 saturated carbocycles. The molecule has 0 unspecified atom stereocenters. The van der Waals surface area contributed by atoms with Crippen LogP contribution in [0.4, 0.5) is 18.9 Å². The molecule has 11 nitrogen and oxygen atoms in total. The number of amides is 3. The van der Waals surface area contributed by atoms with Crippen molar-refractivity contribution in [2.45, 2.75) is 86.6 Å². The second kappa shape index (κ2) is 21.7. The van der Waals surface area contributed by atoms with E-state index in [0.717, 1.165) is 59.3 Å². The van der Waals surface area contributed by atoms with Crippen LogP contribution in [0.3, 0.4) is 0 Å². The molecule has 3 heterocycles. The van der Waals surface area contributed by atoms with E-state index in [1.54, 1.807) is 28.9 Å². The first-order chi connectivity index (χ1) is 29.0. The van der Waals surface area contributed by atoms with Crippen molar-refractivity contribution < 1.29 is 37.4 Å². The van der Waals surface area contributed by atoms with Crippen LogP contribution in [-0.2, 0) is 33.7 Å². The van der Waals surface area contributed by atoms with Gasteiger partial charge in [-0.1, -0.05) is 76.1 Å². The molecule has 3 aromatic rings. The Morgan fingerprint density at radius 2 is 1.82 bits per heavy atom. The molecule has 0 spiro atoms. The first-order valence-corrected chi connectivity index (χ1v) is 20.9. The van der Waals surface area contributed by atoms with E-state index in [4.69, 9.17) is 22.8 Å². The van der Waals surface area contributed by atoms with Crippen LogP contribution >= 0.6 is 23.1 Å². The third-order valence-corrected chi connectivity index (χ3v) is 10.8. The number of fused-ring (bicyclic) bond motifs is 1. The van der Waals surface area contributed by atoms with Gasteiger partial charge in [0.15, 0.2) is 11.4 Å². The van der Waals surface area contributed by atoms with Gasteiger partial charge in [-0.15, -0.1) is 6.42 Å². The summed E-state index contributed by atoms with van der Waals surface area (Å²) in [6, 6.07) is 8.62. The van der Waals surface area contributed by atoms with E-state index >= 15 is 0 Å². The van der Waals surface area contributed by atoms with Crippen molar-refractivity contribution in [2.24, 2.45) is 5.10 Å². The van der Waals surface area contributed by atoms with Gasteiger partial charge in [0.1, 0.15) is 12.4 Å². The lowest BCUT2D eigenvalue weighted by atomic mass is 10.0. The number of hydrazone groups is 1. The topological polar surface area (TPSA) is 128 Å². The number of hydrogen-bond donors (Lipinski definition) is 2. The number of benzene rings is 2. The lowest BCUT2D eigenvalue weighted by molar-refractivity contribution is -0.137. The van der Waals surface area contributed by atoms with Gasteiger partial charge in [0, 0.05) is 29.9 Å². The van der Waals surface area contributed by atoms with Gasteiger partial charge in [0.05, 0.1) is 40.1 Å². The number of alkyl halides is 3. The van der Waals surface area contributed by atoms with Gasteiger partial charge in [-0.25, -0.2) is 0 Å². The Morgan fingerprint density at radius 3 is 2.41 bits per heavy atom. The molecule has 324 valence electrons. The zero-order chi connectivity index (χ0) is 45.0. The van der Waals surface area contributed by atoms with Crippen LogP contribution in [0, 0.1) is 12.3 Å². The van der Waals surface area contributed by atoms with E-state index in [2.05, 4.69) is 27.3 Å². The van der Waals surface area contributed by atoms with Crippen molar-refractivity contribution in [3.63, 3.8) is 0 Å². The normalized spacial score (nSPS) is 14.6.